The highest BCUT2D eigenvalue weighted by Gasteiger charge is 1.79. The Morgan fingerprint density at radius 1 is 1.88 bits per heavy atom. The quantitative estimate of drug-likeness (QED) is 0.440. The van der Waals surface area contributed by atoms with Crippen molar-refractivity contribution in [1.29, 1.82) is 0 Å². The number of rotatable bonds is 2. The first-order chi connectivity index (χ1) is 3.77. The zero-order chi connectivity index (χ0) is 6.41. The summed E-state index contributed by atoms with van der Waals surface area (Å²) in [6, 6.07) is -0.630. The van der Waals surface area contributed by atoms with Gasteiger partial charge in [0, 0.05) is 6.20 Å². The minimum atomic E-state index is -0.630. The van der Waals surface area contributed by atoms with E-state index in [9.17, 15) is 4.79 Å². The molecule has 46 valence electrons. The SMILES string of the molecule is NC(=O)NC=CCO. The van der Waals surface area contributed by atoms with Crippen LogP contribution in [-0.4, -0.2) is 17.7 Å². The van der Waals surface area contributed by atoms with Crippen LogP contribution in [0, 0.1) is 0 Å². The Labute approximate surface area is 47.0 Å². The van der Waals surface area contributed by atoms with Gasteiger partial charge in [-0.3, -0.25) is 0 Å². The van der Waals surface area contributed by atoms with Gasteiger partial charge in [0.2, 0.25) is 0 Å². The maximum Gasteiger partial charge on any atom is 0.316 e. The monoisotopic (exact) mass is 116 g/mol. The fraction of sp³-hybridized carbons (Fsp3) is 0.250. The molecular weight excluding hydrogens is 108 g/mol. The molecule has 0 aromatic rings. The molecule has 8 heavy (non-hydrogen) atoms. The van der Waals surface area contributed by atoms with E-state index in [1.54, 1.807) is 0 Å². The largest absolute Gasteiger partial charge is 0.392 e. The third-order valence-corrected chi connectivity index (χ3v) is 0.449. The summed E-state index contributed by atoms with van der Waals surface area (Å²) in [6.45, 7) is -0.0969. The van der Waals surface area contributed by atoms with Crippen molar-refractivity contribution in [2.45, 2.75) is 0 Å². The van der Waals surface area contributed by atoms with E-state index in [0.29, 0.717) is 0 Å². The van der Waals surface area contributed by atoms with Gasteiger partial charge in [-0.25, -0.2) is 4.79 Å². The average Bonchev–Trinajstić information content (AvgIpc) is 1.66. The van der Waals surface area contributed by atoms with Crippen molar-refractivity contribution in [1.82, 2.24) is 5.32 Å². The summed E-state index contributed by atoms with van der Waals surface area (Å²) >= 11 is 0. The Morgan fingerprint density at radius 3 is 2.88 bits per heavy atom. The lowest BCUT2D eigenvalue weighted by Crippen LogP contribution is -2.23. The van der Waals surface area contributed by atoms with E-state index in [4.69, 9.17) is 5.11 Å². The molecule has 0 aliphatic rings. The predicted octanol–water partition coefficient (Wildman–Crippen LogP) is -0.839. The molecule has 4 nitrogen and oxygen atoms in total. The Morgan fingerprint density at radius 2 is 2.50 bits per heavy atom. The van der Waals surface area contributed by atoms with E-state index in [1.807, 2.05) is 0 Å². The number of carbonyl (C=O) groups excluding carboxylic acids is 1. The van der Waals surface area contributed by atoms with Crippen LogP contribution in [0.1, 0.15) is 0 Å². The van der Waals surface area contributed by atoms with Crippen molar-refractivity contribution in [3.8, 4) is 0 Å². The number of aliphatic hydroxyl groups excluding tert-OH is 1. The molecule has 4 N–H and O–H groups in total. The highest BCUT2D eigenvalue weighted by Crippen LogP contribution is 1.62. The van der Waals surface area contributed by atoms with Crippen molar-refractivity contribution < 1.29 is 9.90 Å². The summed E-state index contributed by atoms with van der Waals surface area (Å²) in [7, 11) is 0. The standard InChI is InChI=1S/C4H8N2O2/c5-4(8)6-2-1-3-7/h1-2,7H,3H2,(H3,5,6,8). The molecule has 0 saturated carbocycles. The van der Waals surface area contributed by atoms with Crippen LogP contribution in [0.4, 0.5) is 4.79 Å². The molecule has 0 radical (unpaired) electrons. The van der Waals surface area contributed by atoms with Crippen LogP contribution < -0.4 is 11.1 Å². The second kappa shape index (κ2) is 4.14. The van der Waals surface area contributed by atoms with Crippen LogP contribution in [0.5, 0.6) is 0 Å². The van der Waals surface area contributed by atoms with Gasteiger partial charge in [-0.15, -0.1) is 0 Å². The number of primary amides is 1. The number of urea groups is 1. The molecule has 0 fully saturated rings. The first kappa shape index (κ1) is 6.97. The maximum atomic E-state index is 9.85. The minimum Gasteiger partial charge on any atom is -0.392 e. The van der Waals surface area contributed by atoms with Crippen molar-refractivity contribution in [2.24, 2.45) is 5.73 Å². The van der Waals surface area contributed by atoms with Crippen LogP contribution in [-0.2, 0) is 0 Å². The first-order valence-electron chi connectivity index (χ1n) is 2.09. The summed E-state index contributed by atoms with van der Waals surface area (Å²) in [6.07, 6.45) is 2.65. The van der Waals surface area contributed by atoms with Gasteiger partial charge in [0.25, 0.3) is 0 Å². The van der Waals surface area contributed by atoms with E-state index >= 15 is 0 Å². The summed E-state index contributed by atoms with van der Waals surface area (Å²) < 4.78 is 0. The number of nitrogens with two attached hydrogens (primary N) is 1. The fourth-order valence-electron chi connectivity index (χ4n) is 0.194. The van der Waals surface area contributed by atoms with Gasteiger partial charge in [-0.2, -0.15) is 0 Å². The van der Waals surface area contributed by atoms with Crippen LogP contribution in [0.3, 0.4) is 0 Å². The molecular formula is C4H8N2O2. The Bertz CT molecular complexity index is 100. The Kier molecular flexibility index (Phi) is 3.60. The van der Waals surface area contributed by atoms with Crippen molar-refractivity contribution in [2.75, 3.05) is 6.61 Å². The van der Waals surface area contributed by atoms with E-state index in [1.165, 1.54) is 12.3 Å². The Balaban J connectivity index is 3.16. The van der Waals surface area contributed by atoms with Crippen LogP contribution >= 0.6 is 0 Å². The van der Waals surface area contributed by atoms with E-state index in [-0.39, 0.29) is 6.61 Å². The van der Waals surface area contributed by atoms with Crippen molar-refractivity contribution in [3.05, 3.63) is 12.3 Å². The molecule has 0 unspecified atom stereocenters. The molecule has 0 heterocycles. The third kappa shape index (κ3) is 4.97. The molecule has 0 bridgehead atoms. The molecule has 0 rings (SSSR count). The number of nitrogens with one attached hydrogen (secondary N) is 1. The summed E-state index contributed by atoms with van der Waals surface area (Å²) in [5.41, 5.74) is 4.65. The van der Waals surface area contributed by atoms with Gasteiger partial charge >= 0.3 is 6.03 Å². The molecule has 0 aromatic carbocycles. The van der Waals surface area contributed by atoms with Gasteiger partial charge < -0.3 is 16.2 Å². The predicted molar refractivity (Wildman–Crippen MR) is 28.9 cm³/mol. The van der Waals surface area contributed by atoms with Gasteiger partial charge in [-0.1, -0.05) is 0 Å². The number of amides is 2. The second-order valence-electron chi connectivity index (χ2n) is 1.09. The molecule has 0 aliphatic heterocycles. The van der Waals surface area contributed by atoms with E-state index in [0.717, 1.165) is 0 Å². The van der Waals surface area contributed by atoms with Gasteiger partial charge in [-0.05, 0) is 6.08 Å². The van der Waals surface area contributed by atoms with Gasteiger partial charge in [0.15, 0.2) is 0 Å². The molecule has 0 atom stereocenters. The molecule has 0 saturated heterocycles. The lowest BCUT2D eigenvalue weighted by molar-refractivity contribution is 0.252. The summed E-state index contributed by atoms with van der Waals surface area (Å²) in [4.78, 5) is 9.85. The fourth-order valence-corrected chi connectivity index (χ4v) is 0.194. The van der Waals surface area contributed by atoms with Gasteiger partial charge in [0.1, 0.15) is 0 Å². The average molecular weight is 116 g/mol. The van der Waals surface area contributed by atoms with Crippen molar-refractivity contribution in [3.63, 3.8) is 0 Å². The number of carbonyl (C=O) groups is 1. The van der Waals surface area contributed by atoms with E-state index in [2.05, 4.69) is 11.1 Å². The van der Waals surface area contributed by atoms with Crippen LogP contribution in [0.2, 0.25) is 0 Å². The van der Waals surface area contributed by atoms with Crippen molar-refractivity contribution >= 4 is 6.03 Å². The number of hydrogen-bond donors (Lipinski definition) is 3. The summed E-state index contributed by atoms with van der Waals surface area (Å²) in [5, 5.41) is 10.2. The zero-order valence-electron chi connectivity index (χ0n) is 4.29. The molecule has 0 aromatic heterocycles. The smallest absolute Gasteiger partial charge is 0.316 e. The molecule has 0 aliphatic carbocycles. The lowest BCUT2D eigenvalue weighted by Gasteiger charge is -1.86. The highest BCUT2D eigenvalue weighted by molar-refractivity contribution is 5.72. The third-order valence-electron chi connectivity index (χ3n) is 0.449. The second-order valence-corrected chi connectivity index (χ2v) is 1.09. The van der Waals surface area contributed by atoms with Crippen LogP contribution in [0.15, 0.2) is 12.3 Å². The normalized spacial score (nSPS) is 9.62. The molecule has 0 spiro atoms. The van der Waals surface area contributed by atoms with Gasteiger partial charge in [0.05, 0.1) is 6.61 Å². The zero-order valence-corrected chi connectivity index (χ0v) is 4.29. The van der Waals surface area contributed by atoms with E-state index < -0.39 is 6.03 Å². The topological polar surface area (TPSA) is 75.4 Å². The highest BCUT2D eigenvalue weighted by atomic mass is 16.2. The number of hydrogen-bond acceptors (Lipinski definition) is 2. The lowest BCUT2D eigenvalue weighted by atomic mass is 10.6. The first-order valence-corrected chi connectivity index (χ1v) is 2.09. The molecule has 4 heteroatoms. The Hall–Kier alpha value is -1.03. The summed E-state index contributed by atoms with van der Waals surface area (Å²) in [5.74, 6) is 0. The van der Waals surface area contributed by atoms with Crippen LogP contribution in [0.25, 0.3) is 0 Å². The minimum absolute atomic E-state index is 0.0969. The maximum absolute atomic E-state index is 9.85. The molecule has 2 amide bonds. The number of aliphatic hydroxyl groups is 1.